The van der Waals surface area contributed by atoms with E-state index in [2.05, 4.69) is 20.4 Å². The summed E-state index contributed by atoms with van der Waals surface area (Å²) in [4.78, 5) is 16.1. The largest absolute Gasteiger partial charge is 0.463 e. The quantitative estimate of drug-likeness (QED) is 0.795. The Morgan fingerprint density at radius 3 is 2.74 bits per heavy atom. The molecule has 3 aromatic heterocycles. The van der Waals surface area contributed by atoms with Gasteiger partial charge in [0, 0.05) is 19.2 Å². The van der Waals surface area contributed by atoms with Gasteiger partial charge in [-0.25, -0.2) is 0 Å². The third-order valence-electron chi connectivity index (χ3n) is 4.10. The Hall–Kier alpha value is -2.90. The minimum absolute atomic E-state index is 0.0640. The second-order valence-corrected chi connectivity index (χ2v) is 5.52. The predicted octanol–water partition coefficient (Wildman–Crippen LogP) is 1.74. The molecule has 1 N–H and O–H groups in total. The van der Waals surface area contributed by atoms with E-state index < -0.39 is 0 Å². The normalized spacial score (nSPS) is 15.9. The number of carbonyl (C=O) groups excluding carboxylic acids is 1. The number of aromatic nitrogens is 5. The number of hydrogen-bond acceptors (Lipinski definition) is 5. The van der Waals surface area contributed by atoms with Gasteiger partial charge < -0.3 is 9.32 Å². The summed E-state index contributed by atoms with van der Waals surface area (Å²) in [6, 6.07) is 5.60. The second kappa shape index (κ2) is 5.71. The van der Waals surface area contributed by atoms with E-state index in [4.69, 9.17) is 4.42 Å². The van der Waals surface area contributed by atoms with Crippen molar-refractivity contribution in [1.82, 2.24) is 30.1 Å². The monoisotopic (exact) mass is 312 g/mol. The molecule has 118 valence electrons. The van der Waals surface area contributed by atoms with Crippen LogP contribution >= 0.6 is 0 Å². The average molecular weight is 312 g/mol. The SMILES string of the molecule is O=C(c1cc(-c2ccco2)[nH]n1)N1CCC(n2nccn2)CC1. The highest BCUT2D eigenvalue weighted by molar-refractivity contribution is 5.93. The first kappa shape index (κ1) is 13.7. The maximum atomic E-state index is 12.6. The molecule has 0 bridgehead atoms. The average Bonchev–Trinajstić information content (AvgIpc) is 3.36. The number of nitrogens with zero attached hydrogens (tertiary/aromatic N) is 5. The number of H-pyrrole nitrogens is 1. The van der Waals surface area contributed by atoms with Gasteiger partial charge in [0.25, 0.3) is 5.91 Å². The lowest BCUT2D eigenvalue weighted by Gasteiger charge is -2.30. The molecule has 0 spiro atoms. The lowest BCUT2D eigenvalue weighted by Crippen LogP contribution is -2.39. The number of likely N-dealkylation sites (tertiary alicyclic amines) is 1. The predicted molar refractivity (Wildman–Crippen MR) is 80.5 cm³/mol. The maximum Gasteiger partial charge on any atom is 0.274 e. The molecule has 0 radical (unpaired) electrons. The Morgan fingerprint density at radius 1 is 1.26 bits per heavy atom. The van der Waals surface area contributed by atoms with E-state index in [-0.39, 0.29) is 11.9 Å². The molecule has 1 amide bonds. The van der Waals surface area contributed by atoms with Crippen molar-refractivity contribution in [1.29, 1.82) is 0 Å². The van der Waals surface area contributed by atoms with Gasteiger partial charge in [-0.1, -0.05) is 0 Å². The highest BCUT2D eigenvalue weighted by Crippen LogP contribution is 2.23. The summed E-state index contributed by atoms with van der Waals surface area (Å²) in [6.45, 7) is 1.35. The number of rotatable bonds is 3. The summed E-state index contributed by atoms with van der Waals surface area (Å²) in [5, 5.41) is 15.3. The molecule has 1 saturated heterocycles. The van der Waals surface area contributed by atoms with Crippen LogP contribution in [0.2, 0.25) is 0 Å². The lowest BCUT2D eigenvalue weighted by molar-refractivity contribution is 0.0678. The number of piperidine rings is 1. The molecule has 3 aromatic rings. The van der Waals surface area contributed by atoms with Crippen LogP contribution in [0.3, 0.4) is 0 Å². The summed E-state index contributed by atoms with van der Waals surface area (Å²) in [5.41, 5.74) is 1.11. The Kier molecular flexibility index (Phi) is 3.41. The second-order valence-electron chi connectivity index (χ2n) is 5.52. The molecule has 0 unspecified atom stereocenters. The van der Waals surface area contributed by atoms with Crippen LogP contribution in [0.4, 0.5) is 0 Å². The number of aromatic amines is 1. The van der Waals surface area contributed by atoms with Crippen molar-refractivity contribution < 1.29 is 9.21 Å². The van der Waals surface area contributed by atoms with Gasteiger partial charge in [-0.05, 0) is 25.0 Å². The summed E-state index contributed by atoms with van der Waals surface area (Å²) >= 11 is 0. The molecule has 0 aromatic carbocycles. The summed E-state index contributed by atoms with van der Waals surface area (Å²) in [5.74, 6) is 0.603. The van der Waals surface area contributed by atoms with Gasteiger partial charge >= 0.3 is 0 Å². The minimum atomic E-state index is -0.0640. The number of amides is 1. The van der Waals surface area contributed by atoms with E-state index >= 15 is 0 Å². The van der Waals surface area contributed by atoms with Crippen molar-refractivity contribution in [3.05, 3.63) is 42.5 Å². The first-order valence-corrected chi connectivity index (χ1v) is 7.55. The molecular formula is C15H16N6O2. The van der Waals surface area contributed by atoms with E-state index in [1.807, 2.05) is 11.0 Å². The molecule has 1 aliphatic rings. The third kappa shape index (κ3) is 2.63. The van der Waals surface area contributed by atoms with Crippen molar-refractivity contribution in [2.75, 3.05) is 13.1 Å². The van der Waals surface area contributed by atoms with E-state index in [9.17, 15) is 4.79 Å². The van der Waals surface area contributed by atoms with Crippen molar-refractivity contribution in [3.63, 3.8) is 0 Å². The molecular weight excluding hydrogens is 296 g/mol. The fourth-order valence-electron chi connectivity index (χ4n) is 2.87. The summed E-state index contributed by atoms with van der Waals surface area (Å²) in [6.07, 6.45) is 6.63. The Bertz CT molecular complexity index is 769. The molecule has 0 atom stereocenters. The fourth-order valence-corrected chi connectivity index (χ4v) is 2.87. The molecule has 8 nitrogen and oxygen atoms in total. The van der Waals surface area contributed by atoms with Gasteiger partial charge in [0.15, 0.2) is 11.5 Å². The first-order chi connectivity index (χ1) is 11.3. The van der Waals surface area contributed by atoms with Crippen LogP contribution in [0.25, 0.3) is 11.5 Å². The molecule has 0 aliphatic carbocycles. The van der Waals surface area contributed by atoms with Gasteiger partial charge in [-0.2, -0.15) is 20.1 Å². The zero-order valence-electron chi connectivity index (χ0n) is 12.4. The van der Waals surface area contributed by atoms with Crippen molar-refractivity contribution in [3.8, 4) is 11.5 Å². The standard InChI is InChI=1S/C15H16N6O2/c22-15(13-10-12(18-19-13)14-2-1-9-23-14)20-7-3-11(4-8-20)21-16-5-6-17-21/h1-2,5-6,9-11H,3-4,7-8H2,(H,18,19). The smallest absolute Gasteiger partial charge is 0.274 e. The topological polar surface area (TPSA) is 92.8 Å². The third-order valence-corrected chi connectivity index (χ3v) is 4.10. The van der Waals surface area contributed by atoms with Crippen LogP contribution in [-0.4, -0.2) is 49.1 Å². The Balaban J connectivity index is 1.42. The molecule has 1 aliphatic heterocycles. The zero-order chi connectivity index (χ0) is 15.6. The van der Waals surface area contributed by atoms with E-state index in [0.717, 1.165) is 12.8 Å². The summed E-state index contributed by atoms with van der Waals surface area (Å²) in [7, 11) is 0. The van der Waals surface area contributed by atoms with Crippen molar-refractivity contribution in [2.45, 2.75) is 18.9 Å². The highest BCUT2D eigenvalue weighted by atomic mass is 16.3. The van der Waals surface area contributed by atoms with E-state index in [0.29, 0.717) is 30.2 Å². The van der Waals surface area contributed by atoms with Gasteiger partial charge in [0.1, 0.15) is 5.69 Å². The van der Waals surface area contributed by atoms with Crippen LogP contribution in [0, 0.1) is 0 Å². The zero-order valence-corrected chi connectivity index (χ0v) is 12.4. The summed E-state index contributed by atoms with van der Waals surface area (Å²) < 4.78 is 5.30. The molecule has 4 rings (SSSR count). The molecule has 0 saturated carbocycles. The van der Waals surface area contributed by atoms with Gasteiger partial charge in [-0.3, -0.25) is 9.89 Å². The maximum absolute atomic E-state index is 12.6. The number of furan rings is 1. The van der Waals surface area contributed by atoms with Crippen LogP contribution in [0.15, 0.2) is 41.3 Å². The highest BCUT2D eigenvalue weighted by Gasteiger charge is 2.26. The molecule has 1 fully saturated rings. The van der Waals surface area contributed by atoms with Crippen molar-refractivity contribution >= 4 is 5.91 Å². The minimum Gasteiger partial charge on any atom is -0.463 e. The molecule has 8 heteroatoms. The van der Waals surface area contributed by atoms with E-state index in [1.165, 1.54) is 0 Å². The van der Waals surface area contributed by atoms with Crippen LogP contribution in [0.5, 0.6) is 0 Å². The molecule has 4 heterocycles. The van der Waals surface area contributed by atoms with Crippen molar-refractivity contribution in [2.24, 2.45) is 0 Å². The lowest BCUT2D eigenvalue weighted by atomic mass is 10.1. The number of nitrogens with one attached hydrogen (secondary N) is 1. The Labute approximate surface area is 132 Å². The van der Waals surface area contributed by atoms with Gasteiger partial charge in [-0.15, -0.1) is 0 Å². The van der Waals surface area contributed by atoms with Crippen LogP contribution in [-0.2, 0) is 0 Å². The van der Waals surface area contributed by atoms with Crippen LogP contribution in [0.1, 0.15) is 29.4 Å². The van der Waals surface area contributed by atoms with Crippen LogP contribution < -0.4 is 0 Å². The number of carbonyl (C=O) groups is 1. The fraction of sp³-hybridized carbons (Fsp3) is 0.333. The molecule has 23 heavy (non-hydrogen) atoms. The van der Waals surface area contributed by atoms with Gasteiger partial charge in [0.05, 0.1) is 24.7 Å². The van der Waals surface area contributed by atoms with Gasteiger partial charge in [0.2, 0.25) is 0 Å². The van der Waals surface area contributed by atoms with E-state index in [1.54, 1.807) is 35.6 Å². The number of hydrogen-bond donors (Lipinski definition) is 1. The Morgan fingerprint density at radius 2 is 2.04 bits per heavy atom. The first-order valence-electron chi connectivity index (χ1n) is 7.55.